The number of aromatic amines is 1. The number of H-pyrrole nitrogens is 1. The van der Waals surface area contributed by atoms with Crippen molar-refractivity contribution in [2.24, 2.45) is 11.8 Å². The number of aromatic nitrogens is 1. The van der Waals surface area contributed by atoms with Crippen molar-refractivity contribution in [1.82, 2.24) is 20.9 Å². The molecule has 4 N–H and O–H groups in total. The third-order valence-corrected chi connectivity index (χ3v) is 6.92. The predicted octanol–water partition coefficient (Wildman–Crippen LogP) is 3.19. The molecule has 4 rings (SSSR count). The fraction of sp³-hybridized carbons (Fsp3) is 0.393. The van der Waals surface area contributed by atoms with Gasteiger partial charge in [0, 0.05) is 41.7 Å². The van der Waals surface area contributed by atoms with Gasteiger partial charge in [-0.05, 0) is 73.9 Å². The molecule has 2 aromatic carbocycles. The van der Waals surface area contributed by atoms with Gasteiger partial charge in [-0.15, -0.1) is 0 Å². The molecular weight excluding hydrogens is 456 g/mol. The maximum atomic E-state index is 12.7. The average Bonchev–Trinajstić information content (AvgIpc) is 3.33. The molecule has 1 aromatic heterocycles. The minimum Gasteiger partial charge on any atom is -0.497 e. The highest BCUT2D eigenvalue weighted by Gasteiger charge is 2.26. The fourth-order valence-electron chi connectivity index (χ4n) is 4.76. The minimum absolute atomic E-state index is 0.0187. The molecule has 0 atom stereocenters. The Morgan fingerprint density at radius 2 is 1.75 bits per heavy atom. The third kappa shape index (κ3) is 6.65. The van der Waals surface area contributed by atoms with Crippen LogP contribution in [0.2, 0.25) is 0 Å². The van der Waals surface area contributed by atoms with Crippen molar-refractivity contribution >= 4 is 28.6 Å². The first-order valence-electron chi connectivity index (χ1n) is 12.5. The van der Waals surface area contributed by atoms with E-state index in [0.717, 1.165) is 54.3 Å². The summed E-state index contributed by atoms with van der Waals surface area (Å²) in [6.45, 7) is 1.11. The minimum atomic E-state index is -0.262. The van der Waals surface area contributed by atoms with E-state index in [0.29, 0.717) is 24.6 Å². The highest BCUT2D eigenvalue weighted by Crippen LogP contribution is 2.28. The van der Waals surface area contributed by atoms with Crippen LogP contribution in [-0.4, -0.2) is 49.4 Å². The quantitative estimate of drug-likeness (QED) is 0.350. The van der Waals surface area contributed by atoms with Crippen LogP contribution < -0.4 is 20.7 Å². The van der Waals surface area contributed by atoms with E-state index >= 15 is 0 Å². The van der Waals surface area contributed by atoms with Gasteiger partial charge in [-0.1, -0.05) is 18.2 Å². The zero-order valence-corrected chi connectivity index (χ0v) is 20.6. The van der Waals surface area contributed by atoms with Gasteiger partial charge in [-0.2, -0.15) is 0 Å². The summed E-state index contributed by atoms with van der Waals surface area (Å²) in [5.74, 6) is 0.834. The molecule has 1 heterocycles. The molecule has 36 heavy (non-hydrogen) atoms. The molecule has 1 saturated carbocycles. The monoisotopic (exact) mass is 490 g/mol. The van der Waals surface area contributed by atoms with Crippen LogP contribution in [0.4, 0.5) is 0 Å². The average molecular weight is 491 g/mol. The molecule has 3 aromatic rings. The van der Waals surface area contributed by atoms with Crippen LogP contribution in [-0.2, 0) is 16.0 Å². The van der Waals surface area contributed by atoms with Gasteiger partial charge in [0.1, 0.15) is 5.75 Å². The number of hydrogen-bond acceptors (Lipinski definition) is 4. The summed E-state index contributed by atoms with van der Waals surface area (Å²) >= 11 is 0. The van der Waals surface area contributed by atoms with Gasteiger partial charge in [0.05, 0.1) is 13.7 Å². The largest absolute Gasteiger partial charge is 0.497 e. The van der Waals surface area contributed by atoms with Crippen molar-refractivity contribution in [2.75, 3.05) is 26.7 Å². The summed E-state index contributed by atoms with van der Waals surface area (Å²) < 4.78 is 5.32. The van der Waals surface area contributed by atoms with Crippen LogP contribution in [0, 0.1) is 11.8 Å². The van der Waals surface area contributed by atoms with Crippen molar-refractivity contribution in [2.45, 2.75) is 32.1 Å². The molecule has 0 radical (unpaired) electrons. The van der Waals surface area contributed by atoms with Crippen LogP contribution >= 0.6 is 0 Å². The maximum absolute atomic E-state index is 12.7. The predicted molar refractivity (Wildman–Crippen MR) is 139 cm³/mol. The molecular formula is C28H34N4O4. The second kappa shape index (κ2) is 12.2. The van der Waals surface area contributed by atoms with Crippen LogP contribution in [0.3, 0.4) is 0 Å². The number of ether oxygens (including phenoxy) is 1. The molecule has 1 aliphatic carbocycles. The number of benzene rings is 2. The van der Waals surface area contributed by atoms with Gasteiger partial charge in [-0.3, -0.25) is 14.4 Å². The van der Waals surface area contributed by atoms with Crippen molar-refractivity contribution in [1.29, 1.82) is 0 Å². The van der Waals surface area contributed by atoms with E-state index < -0.39 is 0 Å². The highest BCUT2D eigenvalue weighted by molar-refractivity contribution is 5.96. The lowest BCUT2D eigenvalue weighted by Crippen LogP contribution is -2.40. The zero-order valence-electron chi connectivity index (χ0n) is 20.6. The molecule has 0 saturated heterocycles. The molecule has 1 aliphatic rings. The number of methoxy groups -OCH3 is 1. The summed E-state index contributed by atoms with van der Waals surface area (Å²) in [6, 6.07) is 14.8. The smallest absolute Gasteiger partial charge is 0.251 e. The molecule has 0 unspecified atom stereocenters. The highest BCUT2D eigenvalue weighted by atomic mass is 16.5. The Labute approximate surface area is 211 Å². The number of nitrogens with one attached hydrogen (secondary N) is 4. The number of amides is 3. The second-order valence-corrected chi connectivity index (χ2v) is 9.34. The Morgan fingerprint density at radius 3 is 2.50 bits per heavy atom. The van der Waals surface area contributed by atoms with E-state index in [-0.39, 0.29) is 30.2 Å². The van der Waals surface area contributed by atoms with Crippen molar-refractivity contribution < 1.29 is 19.1 Å². The summed E-state index contributed by atoms with van der Waals surface area (Å²) in [5.41, 5.74) is 2.74. The first-order valence-corrected chi connectivity index (χ1v) is 12.5. The molecule has 3 amide bonds. The summed E-state index contributed by atoms with van der Waals surface area (Å²) in [7, 11) is 1.66. The lowest BCUT2D eigenvalue weighted by molar-refractivity contribution is -0.126. The van der Waals surface area contributed by atoms with E-state index in [1.807, 2.05) is 30.5 Å². The van der Waals surface area contributed by atoms with Crippen LogP contribution in [0.5, 0.6) is 5.75 Å². The Bertz CT molecular complexity index is 1180. The normalized spacial score (nSPS) is 17.4. The molecule has 0 spiro atoms. The Balaban J connectivity index is 1.12. The molecule has 1 fully saturated rings. The summed E-state index contributed by atoms with van der Waals surface area (Å²) in [4.78, 5) is 40.1. The molecule has 0 bridgehead atoms. The van der Waals surface area contributed by atoms with Crippen LogP contribution in [0.15, 0.2) is 54.7 Å². The number of carbonyl (C=O) groups is 3. The first-order chi connectivity index (χ1) is 17.5. The van der Waals surface area contributed by atoms with Gasteiger partial charge in [0.15, 0.2) is 0 Å². The first kappa shape index (κ1) is 25.3. The zero-order chi connectivity index (χ0) is 25.3. The Morgan fingerprint density at radius 1 is 0.972 bits per heavy atom. The van der Waals surface area contributed by atoms with Gasteiger partial charge < -0.3 is 25.7 Å². The second-order valence-electron chi connectivity index (χ2n) is 9.34. The van der Waals surface area contributed by atoms with E-state index in [4.69, 9.17) is 4.74 Å². The Hall–Kier alpha value is -3.81. The number of fused-ring (bicyclic) bond motifs is 1. The molecule has 8 nitrogen and oxygen atoms in total. The third-order valence-electron chi connectivity index (χ3n) is 6.92. The number of carbonyl (C=O) groups excluding carboxylic acids is 3. The fourth-order valence-corrected chi connectivity index (χ4v) is 4.76. The van der Waals surface area contributed by atoms with E-state index in [1.54, 1.807) is 31.4 Å². The number of rotatable bonds is 10. The molecule has 0 aliphatic heterocycles. The lowest BCUT2D eigenvalue weighted by Gasteiger charge is -2.28. The van der Waals surface area contributed by atoms with Gasteiger partial charge in [0.25, 0.3) is 5.91 Å². The van der Waals surface area contributed by atoms with Crippen molar-refractivity contribution in [3.63, 3.8) is 0 Å². The van der Waals surface area contributed by atoms with E-state index in [9.17, 15) is 14.4 Å². The van der Waals surface area contributed by atoms with Gasteiger partial charge >= 0.3 is 0 Å². The van der Waals surface area contributed by atoms with Crippen molar-refractivity contribution in [3.8, 4) is 5.75 Å². The van der Waals surface area contributed by atoms with E-state index in [1.165, 1.54) is 0 Å². The SMILES string of the molecule is COc1ccc2[nH]cc(CCNC(=O)C3CCC(CNC(=O)CNC(=O)c4ccccc4)CC3)c2c1. The summed E-state index contributed by atoms with van der Waals surface area (Å²) in [6.07, 6.45) is 6.18. The molecule has 190 valence electrons. The lowest BCUT2D eigenvalue weighted by atomic mass is 9.81. The Kier molecular flexibility index (Phi) is 8.60. The van der Waals surface area contributed by atoms with Crippen molar-refractivity contribution in [3.05, 3.63) is 65.9 Å². The van der Waals surface area contributed by atoms with Gasteiger partial charge in [0.2, 0.25) is 11.8 Å². The topological polar surface area (TPSA) is 112 Å². The number of hydrogen-bond donors (Lipinski definition) is 4. The maximum Gasteiger partial charge on any atom is 0.251 e. The van der Waals surface area contributed by atoms with Crippen LogP contribution in [0.1, 0.15) is 41.6 Å². The van der Waals surface area contributed by atoms with Gasteiger partial charge in [-0.25, -0.2) is 0 Å². The van der Waals surface area contributed by atoms with E-state index in [2.05, 4.69) is 20.9 Å². The summed E-state index contributed by atoms with van der Waals surface area (Å²) in [5, 5.41) is 9.76. The molecule has 8 heteroatoms. The standard InChI is InChI=1S/C28H34N4O4/c1-36-23-11-12-25-24(15-23)22(17-30-25)13-14-29-27(34)21-9-7-19(8-10-21)16-31-26(33)18-32-28(35)20-5-3-2-4-6-20/h2-6,11-12,15,17,19,21,30H,7-10,13-14,16,18H2,1H3,(H,29,34)(H,31,33)(H,32,35). The van der Waals surface area contributed by atoms with Crippen LogP contribution in [0.25, 0.3) is 10.9 Å².